The van der Waals surface area contributed by atoms with E-state index in [-0.39, 0.29) is 12.5 Å². The average molecular weight is 291 g/mol. The quantitative estimate of drug-likeness (QED) is 0.715. The molecule has 21 heavy (non-hydrogen) atoms. The van der Waals surface area contributed by atoms with Gasteiger partial charge >= 0.3 is 0 Å². The van der Waals surface area contributed by atoms with E-state index in [1.165, 1.54) is 0 Å². The normalized spacial score (nSPS) is 14.1. The van der Waals surface area contributed by atoms with Gasteiger partial charge in [0.25, 0.3) is 0 Å². The van der Waals surface area contributed by atoms with Gasteiger partial charge < -0.3 is 16.0 Å². The summed E-state index contributed by atoms with van der Waals surface area (Å²) in [4.78, 5) is 20.9. The van der Waals surface area contributed by atoms with E-state index in [2.05, 4.69) is 39.8 Å². The summed E-state index contributed by atoms with van der Waals surface area (Å²) in [6, 6.07) is 0. The van der Waals surface area contributed by atoms with E-state index in [0.717, 1.165) is 35.9 Å². The molecule has 0 unspecified atom stereocenters. The fourth-order valence-electron chi connectivity index (χ4n) is 2.02. The van der Waals surface area contributed by atoms with Crippen LogP contribution in [-0.4, -0.2) is 36.0 Å². The van der Waals surface area contributed by atoms with Crippen LogP contribution >= 0.6 is 0 Å². The Hall–Kier alpha value is -1.85. The number of rotatable bonds is 7. The van der Waals surface area contributed by atoms with Gasteiger partial charge in [-0.3, -0.25) is 4.79 Å². The Kier molecular flexibility index (Phi) is 4.98. The maximum Gasteiger partial charge on any atom is 0.239 e. The van der Waals surface area contributed by atoms with Crippen LogP contribution in [0.25, 0.3) is 0 Å². The van der Waals surface area contributed by atoms with Crippen LogP contribution in [-0.2, 0) is 4.79 Å². The molecule has 0 aliphatic heterocycles. The van der Waals surface area contributed by atoms with E-state index in [0.29, 0.717) is 18.4 Å². The van der Waals surface area contributed by atoms with E-state index < -0.39 is 0 Å². The average Bonchev–Trinajstić information content (AvgIpc) is 3.28. The minimum Gasteiger partial charge on any atom is -0.373 e. The topological polar surface area (TPSA) is 78.9 Å². The molecule has 1 amide bonds. The minimum atomic E-state index is -0.0132. The molecule has 1 saturated carbocycles. The molecule has 6 nitrogen and oxygen atoms in total. The van der Waals surface area contributed by atoms with Crippen molar-refractivity contribution in [2.24, 2.45) is 5.92 Å². The lowest BCUT2D eigenvalue weighted by Crippen LogP contribution is -2.32. The van der Waals surface area contributed by atoms with Gasteiger partial charge in [-0.1, -0.05) is 13.8 Å². The largest absolute Gasteiger partial charge is 0.373 e. The Morgan fingerprint density at radius 1 is 1.29 bits per heavy atom. The number of amides is 1. The van der Waals surface area contributed by atoms with Crippen molar-refractivity contribution in [3.8, 4) is 0 Å². The maximum atomic E-state index is 11.8. The zero-order valence-electron chi connectivity index (χ0n) is 13.3. The van der Waals surface area contributed by atoms with E-state index in [9.17, 15) is 4.79 Å². The highest BCUT2D eigenvalue weighted by atomic mass is 16.1. The van der Waals surface area contributed by atoms with Crippen molar-refractivity contribution < 1.29 is 4.79 Å². The molecule has 0 aromatic carbocycles. The smallest absolute Gasteiger partial charge is 0.239 e. The molecule has 0 bridgehead atoms. The summed E-state index contributed by atoms with van der Waals surface area (Å²) >= 11 is 0. The number of hydrogen-bond acceptors (Lipinski definition) is 5. The third-order valence-electron chi connectivity index (χ3n) is 3.47. The lowest BCUT2D eigenvalue weighted by Gasteiger charge is -2.14. The van der Waals surface area contributed by atoms with Crippen molar-refractivity contribution in [2.45, 2.75) is 39.5 Å². The molecular weight excluding hydrogens is 266 g/mol. The zero-order valence-corrected chi connectivity index (χ0v) is 13.3. The fraction of sp³-hybridized carbons (Fsp3) is 0.667. The van der Waals surface area contributed by atoms with Gasteiger partial charge in [0, 0.05) is 25.1 Å². The van der Waals surface area contributed by atoms with E-state index in [1.807, 2.05) is 14.0 Å². The van der Waals surface area contributed by atoms with Gasteiger partial charge in [0.2, 0.25) is 5.91 Å². The number of hydrogen-bond donors (Lipinski definition) is 3. The Balaban J connectivity index is 2.01. The van der Waals surface area contributed by atoms with Crippen LogP contribution < -0.4 is 16.0 Å². The van der Waals surface area contributed by atoms with E-state index in [1.54, 1.807) is 0 Å². The lowest BCUT2D eigenvalue weighted by atomic mass is 10.2. The predicted molar refractivity (Wildman–Crippen MR) is 84.6 cm³/mol. The molecule has 1 aliphatic carbocycles. The van der Waals surface area contributed by atoms with Crippen molar-refractivity contribution in [3.05, 3.63) is 11.4 Å². The van der Waals surface area contributed by atoms with E-state index in [4.69, 9.17) is 0 Å². The third kappa shape index (κ3) is 4.31. The van der Waals surface area contributed by atoms with Gasteiger partial charge in [0.05, 0.1) is 6.54 Å². The monoisotopic (exact) mass is 291 g/mol. The summed E-state index contributed by atoms with van der Waals surface area (Å²) in [6.07, 6.45) is 2.31. The molecule has 1 aromatic heterocycles. The standard InChI is InChI=1S/C15H25N5O/c1-9(2)7-17-12(21)8-18-14-10(3)13(16-4)19-15(20-14)11-5-6-11/h9,11H,5-8H2,1-4H3,(H,17,21)(H2,16,18,19,20). The first kappa shape index (κ1) is 15.5. The molecule has 0 spiro atoms. The Morgan fingerprint density at radius 2 is 1.95 bits per heavy atom. The van der Waals surface area contributed by atoms with Crippen molar-refractivity contribution in [2.75, 3.05) is 30.8 Å². The second-order valence-electron chi connectivity index (χ2n) is 5.98. The van der Waals surface area contributed by atoms with Crippen LogP contribution in [0, 0.1) is 12.8 Å². The van der Waals surface area contributed by atoms with Crippen molar-refractivity contribution >= 4 is 17.5 Å². The van der Waals surface area contributed by atoms with Gasteiger partial charge in [0.15, 0.2) is 0 Å². The molecule has 0 radical (unpaired) electrons. The molecule has 1 aliphatic rings. The fourth-order valence-corrected chi connectivity index (χ4v) is 2.02. The molecule has 0 saturated heterocycles. The number of nitrogens with one attached hydrogen (secondary N) is 3. The van der Waals surface area contributed by atoms with Crippen molar-refractivity contribution in [3.63, 3.8) is 0 Å². The minimum absolute atomic E-state index is 0.0132. The third-order valence-corrected chi connectivity index (χ3v) is 3.47. The molecule has 6 heteroatoms. The summed E-state index contributed by atoms with van der Waals surface area (Å²) < 4.78 is 0. The lowest BCUT2D eigenvalue weighted by molar-refractivity contribution is -0.119. The van der Waals surface area contributed by atoms with Gasteiger partial charge in [-0.15, -0.1) is 0 Å². The van der Waals surface area contributed by atoms with Crippen LogP contribution in [0.15, 0.2) is 0 Å². The van der Waals surface area contributed by atoms with Gasteiger partial charge in [-0.2, -0.15) is 0 Å². The number of nitrogens with zero attached hydrogens (tertiary/aromatic N) is 2. The predicted octanol–water partition coefficient (Wildman–Crippen LogP) is 1.89. The second kappa shape index (κ2) is 6.74. The highest BCUT2D eigenvalue weighted by Gasteiger charge is 2.28. The molecule has 0 atom stereocenters. The number of carbonyl (C=O) groups excluding carboxylic acids is 1. The molecular formula is C15H25N5O. The number of anilines is 2. The van der Waals surface area contributed by atoms with Crippen LogP contribution in [0.1, 0.15) is 44.0 Å². The molecule has 1 heterocycles. The van der Waals surface area contributed by atoms with Crippen molar-refractivity contribution in [1.29, 1.82) is 0 Å². The maximum absolute atomic E-state index is 11.8. The first-order valence-electron chi connectivity index (χ1n) is 7.58. The Morgan fingerprint density at radius 3 is 2.52 bits per heavy atom. The first-order valence-corrected chi connectivity index (χ1v) is 7.58. The zero-order chi connectivity index (χ0) is 15.4. The SMILES string of the molecule is CNc1nc(C2CC2)nc(NCC(=O)NCC(C)C)c1C. The first-order chi connectivity index (χ1) is 10.0. The summed E-state index contributed by atoms with van der Waals surface area (Å²) in [6.45, 7) is 7.03. The van der Waals surface area contributed by atoms with Gasteiger partial charge in [0.1, 0.15) is 17.5 Å². The number of carbonyl (C=O) groups is 1. The Bertz CT molecular complexity index is 511. The molecule has 2 rings (SSSR count). The summed E-state index contributed by atoms with van der Waals surface area (Å²) in [5, 5.41) is 9.12. The molecule has 1 aromatic rings. The number of aromatic nitrogens is 2. The van der Waals surface area contributed by atoms with Crippen molar-refractivity contribution in [1.82, 2.24) is 15.3 Å². The van der Waals surface area contributed by atoms with Gasteiger partial charge in [-0.05, 0) is 25.7 Å². The highest BCUT2D eigenvalue weighted by molar-refractivity contribution is 5.80. The van der Waals surface area contributed by atoms with Crippen LogP contribution in [0.5, 0.6) is 0 Å². The van der Waals surface area contributed by atoms with E-state index >= 15 is 0 Å². The highest BCUT2D eigenvalue weighted by Crippen LogP contribution is 2.39. The summed E-state index contributed by atoms with van der Waals surface area (Å²) in [7, 11) is 1.85. The molecule has 1 fully saturated rings. The second-order valence-corrected chi connectivity index (χ2v) is 5.98. The van der Waals surface area contributed by atoms with Crippen LogP contribution in [0.2, 0.25) is 0 Å². The van der Waals surface area contributed by atoms with Gasteiger partial charge in [-0.25, -0.2) is 9.97 Å². The Labute approximate surface area is 126 Å². The molecule has 3 N–H and O–H groups in total. The summed E-state index contributed by atoms with van der Waals surface area (Å²) in [5.41, 5.74) is 0.943. The van der Waals surface area contributed by atoms with Crippen LogP contribution in [0.3, 0.4) is 0 Å². The molecule has 116 valence electrons. The van der Waals surface area contributed by atoms with Crippen LogP contribution in [0.4, 0.5) is 11.6 Å². The summed E-state index contributed by atoms with van der Waals surface area (Å²) in [5.74, 6) is 3.36.